The van der Waals surface area contributed by atoms with Crippen molar-refractivity contribution in [2.75, 3.05) is 18.6 Å². The van der Waals surface area contributed by atoms with Gasteiger partial charge in [0.05, 0.1) is 12.2 Å². The van der Waals surface area contributed by atoms with Crippen molar-refractivity contribution in [1.29, 1.82) is 0 Å². The van der Waals surface area contributed by atoms with Crippen molar-refractivity contribution in [3.8, 4) is 0 Å². The quantitative estimate of drug-likeness (QED) is 0.606. The van der Waals surface area contributed by atoms with Crippen LogP contribution < -0.4 is 4.90 Å². The summed E-state index contributed by atoms with van der Waals surface area (Å²) in [7, 11) is 1.66. The molecule has 0 spiro atoms. The number of nitrogens with zero attached hydrogens (tertiary/aromatic N) is 1. The van der Waals surface area contributed by atoms with E-state index in [0.717, 1.165) is 0 Å². The average molecular weight is 247 g/mol. The maximum absolute atomic E-state index is 11.7. The molecule has 0 aliphatic rings. The summed E-state index contributed by atoms with van der Waals surface area (Å²) in [6, 6.07) is 6.67. The van der Waals surface area contributed by atoms with Gasteiger partial charge in [0, 0.05) is 18.3 Å². The second kappa shape index (κ2) is 6.00. The van der Waals surface area contributed by atoms with Crippen LogP contribution in [0.25, 0.3) is 0 Å². The molecule has 0 atom stereocenters. The Kier molecular flexibility index (Phi) is 4.66. The van der Waals surface area contributed by atoms with Crippen molar-refractivity contribution < 1.29 is 14.3 Å². The summed E-state index contributed by atoms with van der Waals surface area (Å²) in [5, 5.41) is 0. The third-order valence-corrected chi connectivity index (χ3v) is 2.44. The Morgan fingerprint density at radius 3 is 2.28 bits per heavy atom. The summed E-state index contributed by atoms with van der Waals surface area (Å²) in [4.78, 5) is 24.6. The molecule has 0 unspecified atom stereocenters. The monoisotopic (exact) mass is 247 g/mol. The molecule has 0 aliphatic heterocycles. The van der Waals surface area contributed by atoms with Gasteiger partial charge in [0.2, 0.25) is 0 Å². The number of benzene rings is 1. The molecule has 0 N–H and O–H groups in total. The van der Waals surface area contributed by atoms with Crippen molar-refractivity contribution in [2.45, 2.75) is 13.8 Å². The molecule has 0 fully saturated rings. The number of carbonyl (C=O) groups excluding carboxylic acids is 2. The molecule has 0 bridgehead atoms. The third kappa shape index (κ3) is 3.20. The second-order valence-corrected chi connectivity index (χ2v) is 3.91. The van der Waals surface area contributed by atoms with Gasteiger partial charge in [0.1, 0.15) is 0 Å². The minimum absolute atomic E-state index is 0.154. The number of anilines is 1. The Labute approximate surface area is 107 Å². The van der Waals surface area contributed by atoms with Crippen LogP contribution in [-0.2, 0) is 9.53 Å². The molecule has 18 heavy (non-hydrogen) atoms. The normalized spacial score (nSPS) is 9.72. The number of rotatable bonds is 4. The smallest absolute Gasteiger partial charge is 0.338 e. The van der Waals surface area contributed by atoms with Crippen LogP contribution in [0.15, 0.2) is 36.4 Å². The molecule has 1 aromatic rings. The molecular weight excluding hydrogens is 230 g/mol. The van der Waals surface area contributed by atoms with Crippen LogP contribution in [0.4, 0.5) is 5.69 Å². The fourth-order valence-electron chi connectivity index (χ4n) is 1.44. The van der Waals surface area contributed by atoms with Gasteiger partial charge in [-0.1, -0.05) is 6.58 Å². The van der Waals surface area contributed by atoms with Crippen molar-refractivity contribution in [3.05, 3.63) is 42.0 Å². The molecule has 4 heteroatoms. The number of esters is 1. The van der Waals surface area contributed by atoms with Crippen LogP contribution in [0.2, 0.25) is 0 Å². The summed E-state index contributed by atoms with van der Waals surface area (Å²) in [5.74, 6) is -0.517. The number of carbonyl (C=O) groups is 2. The van der Waals surface area contributed by atoms with E-state index >= 15 is 0 Å². The van der Waals surface area contributed by atoms with Crippen molar-refractivity contribution in [3.63, 3.8) is 0 Å². The lowest BCUT2D eigenvalue weighted by Crippen LogP contribution is -2.26. The summed E-state index contributed by atoms with van der Waals surface area (Å²) >= 11 is 0. The molecule has 0 heterocycles. The lowest BCUT2D eigenvalue weighted by atomic mass is 10.2. The van der Waals surface area contributed by atoms with Gasteiger partial charge < -0.3 is 9.64 Å². The van der Waals surface area contributed by atoms with E-state index < -0.39 is 0 Å². The molecule has 0 aliphatic carbocycles. The topological polar surface area (TPSA) is 46.6 Å². The lowest BCUT2D eigenvalue weighted by molar-refractivity contribution is -0.114. The van der Waals surface area contributed by atoms with Crippen LogP contribution in [0.5, 0.6) is 0 Å². The lowest BCUT2D eigenvalue weighted by Gasteiger charge is -2.17. The summed E-state index contributed by atoms with van der Waals surface area (Å²) < 4.78 is 4.88. The molecule has 1 rings (SSSR count). The molecule has 0 saturated carbocycles. The summed E-state index contributed by atoms with van der Waals surface area (Å²) in [5.41, 5.74) is 1.64. The van der Waals surface area contributed by atoms with Gasteiger partial charge in [-0.15, -0.1) is 0 Å². The number of amides is 1. The van der Waals surface area contributed by atoms with E-state index in [1.54, 1.807) is 45.2 Å². The first-order valence-electron chi connectivity index (χ1n) is 5.68. The first-order chi connectivity index (χ1) is 8.47. The van der Waals surface area contributed by atoms with Gasteiger partial charge in [-0.05, 0) is 38.1 Å². The highest BCUT2D eigenvalue weighted by Gasteiger charge is 2.12. The van der Waals surface area contributed by atoms with Crippen molar-refractivity contribution in [2.24, 2.45) is 0 Å². The van der Waals surface area contributed by atoms with Gasteiger partial charge in [0.15, 0.2) is 0 Å². The SMILES string of the molecule is C=C(C)C(=O)N(C)c1ccc(C(=O)OCC)cc1. The van der Waals surface area contributed by atoms with E-state index in [9.17, 15) is 9.59 Å². The number of likely N-dealkylation sites (N-methyl/N-ethyl adjacent to an activating group) is 1. The molecule has 0 aromatic heterocycles. The molecule has 1 aromatic carbocycles. The Morgan fingerprint density at radius 1 is 1.28 bits per heavy atom. The zero-order chi connectivity index (χ0) is 13.7. The van der Waals surface area contributed by atoms with E-state index in [-0.39, 0.29) is 11.9 Å². The zero-order valence-corrected chi connectivity index (χ0v) is 10.9. The van der Waals surface area contributed by atoms with Crippen LogP contribution in [-0.4, -0.2) is 25.5 Å². The molecule has 96 valence electrons. The van der Waals surface area contributed by atoms with E-state index in [1.807, 2.05) is 0 Å². The first-order valence-corrected chi connectivity index (χ1v) is 5.68. The Bertz CT molecular complexity index is 462. The number of hydrogen-bond donors (Lipinski definition) is 0. The van der Waals surface area contributed by atoms with Gasteiger partial charge in [-0.3, -0.25) is 4.79 Å². The van der Waals surface area contributed by atoms with E-state index in [1.165, 1.54) is 4.90 Å². The van der Waals surface area contributed by atoms with Gasteiger partial charge in [-0.25, -0.2) is 4.79 Å². The van der Waals surface area contributed by atoms with Crippen LogP contribution in [0.3, 0.4) is 0 Å². The molecule has 0 radical (unpaired) electrons. The Balaban J connectivity index is 2.86. The van der Waals surface area contributed by atoms with E-state index in [4.69, 9.17) is 4.74 Å². The van der Waals surface area contributed by atoms with Crippen molar-refractivity contribution in [1.82, 2.24) is 0 Å². The highest BCUT2D eigenvalue weighted by atomic mass is 16.5. The highest BCUT2D eigenvalue weighted by molar-refractivity contribution is 6.04. The molecule has 1 amide bonds. The minimum atomic E-state index is -0.363. The van der Waals surface area contributed by atoms with Gasteiger partial charge in [-0.2, -0.15) is 0 Å². The minimum Gasteiger partial charge on any atom is -0.462 e. The van der Waals surface area contributed by atoms with Gasteiger partial charge >= 0.3 is 5.97 Å². The van der Waals surface area contributed by atoms with Crippen LogP contribution in [0.1, 0.15) is 24.2 Å². The fourth-order valence-corrected chi connectivity index (χ4v) is 1.44. The second-order valence-electron chi connectivity index (χ2n) is 3.91. The van der Waals surface area contributed by atoms with Gasteiger partial charge in [0.25, 0.3) is 5.91 Å². The Hall–Kier alpha value is -2.10. The zero-order valence-electron chi connectivity index (χ0n) is 10.9. The standard InChI is InChI=1S/C14H17NO3/c1-5-18-14(17)11-6-8-12(9-7-11)15(4)13(16)10(2)3/h6-9H,2,5H2,1,3-4H3. The maximum Gasteiger partial charge on any atom is 0.338 e. The van der Waals surface area contributed by atoms with E-state index in [2.05, 4.69) is 6.58 Å². The number of hydrogen-bond acceptors (Lipinski definition) is 3. The van der Waals surface area contributed by atoms with Crippen molar-refractivity contribution >= 4 is 17.6 Å². The number of ether oxygens (including phenoxy) is 1. The van der Waals surface area contributed by atoms with E-state index in [0.29, 0.717) is 23.4 Å². The average Bonchev–Trinajstić information content (AvgIpc) is 2.37. The maximum atomic E-state index is 11.7. The predicted molar refractivity (Wildman–Crippen MR) is 70.6 cm³/mol. The van der Waals surface area contributed by atoms with Crippen LogP contribution in [0, 0.1) is 0 Å². The third-order valence-electron chi connectivity index (χ3n) is 2.44. The summed E-state index contributed by atoms with van der Waals surface area (Å²) in [6.45, 7) is 7.36. The fraction of sp³-hybridized carbons (Fsp3) is 0.286. The Morgan fingerprint density at radius 2 is 1.83 bits per heavy atom. The molecule has 0 saturated heterocycles. The molecule has 4 nitrogen and oxygen atoms in total. The summed E-state index contributed by atoms with van der Waals surface area (Å²) in [6.07, 6.45) is 0. The largest absolute Gasteiger partial charge is 0.462 e. The first kappa shape index (κ1) is 14.0. The van der Waals surface area contributed by atoms with Crippen LogP contribution >= 0.6 is 0 Å². The molecular formula is C14H17NO3. The predicted octanol–water partition coefficient (Wildman–Crippen LogP) is 2.40. The highest BCUT2D eigenvalue weighted by Crippen LogP contribution is 2.16.